The van der Waals surface area contributed by atoms with Crippen molar-refractivity contribution in [2.75, 3.05) is 20.3 Å². The van der Waals surface area contributed by atoms with Crippen molar-refractivity contribution in [1.29, 1.82) is 5.26 Å². The van der Waals surface area contributed by atoms with Crippen LogP contribution in [-0.2, 0) is 16.1 Å². The number of nitriles is 1. The van der Waals surface area contributed by atoms with Crippen LogP contribution in [0, 0.1) is 11.3 Å². The number of carbonyl (C=O) groups excluding carboxylic acids is 1. The molecule has 1 amide bonds. The van der Waals surface area contributed by atoms with Crippen LogP contribution in [0.2, 0.25) is 0 Å². The highest BCUT2D eigenvalue weighted by Gasteiger charge is 2.39. The zero-order valence-electron chi connectivity index (χ0n) is 19.7. The molecule has 2 heterocycles. The summed E-state index contributed by atoms with van der Waals surface area (Å²) in [5.41, 5.74) is 2.31. The van der Waals surface area contributed by atoms with Gasteiger partial charge in [-0.2, -0.15) is 18.4 Å². The van der Waals surface area contributed by atoms with Gasteiger partial charge < -0.3 is 24.8 Å². The number of carboxylic acids is 1. The molecule has 1 saturated heterocycles. The predicted molar refractivity (Wildman–Crippen MR) is 119 cm³/mol. The Balaban J connectivity index is 0.000000505. The largest absolute Gasteiger partial charge is 0.573 e. The Bertz CT molecular complexity index is 1240. The van der Waals surface area contributed by atoms with Gasteiger partial charge in [-0.3, -0.25) is 4.79 Å². The van der Waals surface area contributed by atoms with E-state index < -0.39 is 18.5 Å². The second-order valence-electron chi connectivity index (χ2n) is 8.42. The molecule has 8 nitrogen and oxygen atoms in total. The van der Waals surface area contributed by atoms with Crippen molar-refractivity contribution in [2.45, 2.75) is 37.6 Å². The van der Waals surface area contributed by atoms with Crippen LogP contribution >= 0.6 is 0 Å². The SMILES string of the molecule is COC[C@@H]1C[C@@H](N2Cc3c(C#N)cc(-c4cccc(OC(F)(F)F)c4)cc3C2=O)CN1.O=C(O)C(F)(F)F. The molecule has 4 rings (SSSR count). The van der Waals surface area contributed by atoms with Crippen LogP contribution in [0.15, 0.2) is 36.4 Å². The number of nitrogens with zero attached hydrogens (tertiary/aromatic N) is 2. The number of alkyl halides is 6. The van der Waals surface area contributed by atoms with E-state index in [0.29, 0.717) is 47.5 Å². The van der Waals surface area contributed by atoms with Gasteiger partial charge >= 0.3 is 18.5 Å². The molecule has 2 aliphatic rings. The number of fused-ring (bicyclic) bond motifs is 1. The van der Waals surface area contributed by atoms with E-state index in [2.05, 4.69) is 16.1 Å². The second kappa shape index (κ2) is 11.3. The fraction of sp³-hybridized carbons (Fsp3) is 0.375. The molecule has 0 unspecified atom stereocenters. The van der Waals surface area contributed by atoms with E-state index >= 15 is 0 Å². The molecule has 38 heavy (non-hydrogen) atoms. The molecule has 0 radical (unpaired) electrons. The number of rotatable bonds is 5. The van der Waals surface area contributed by atoms with Gasteiger partial charge in [0.25, 0.3) is 5.91 Å². The lowest BCUT2D eigenvalue weighted by molar-refractivity contribution is -0.274. The van der Waals surface area contributed by atoms with Gasteiger partial charge in [0.2, 0.25) is 0 Å². The van der Waals surface area contributed by atoms with Crippen LogP contribution in [-0.4, -0.2) is 66.8 Å². The molecule has 1 fully saturated rings. The molecule has 0 aliphatic carbocycles. The van der Waals surface area contributed by atoms with Crippen molar-refractivity contribution in [3.05, 3.63) is 53.1 Å². The van der Waals surface area contributed by atoms with E-state index in [1.54, 1.807) is 30.2 Å². The van der Waals surface area contributed by atoms with Crippen molar-refractivity contribution < 1.29 is 50.5 Å². The lowest BCUT2D eigenvalue weighted by atomic mass is 9.96. The van der Waals surface area contributed by atoms with Gasteiger partial charge in [-0.15, -0.1) is 13.2 Å². The molecule has 2 aromatic rings. The first-order valence-corrected chi connectivity index (χ1v) is 11.0. The summed E-state index contributed by atoms with van der Waals surface area (Å²) in [7, 11) is 1.63. The number of aliphatic carboxylic acids is 1. The van der Waals surface area contributed by atoms with Crippen LogP contribution < -0.4 is 10.1 Å². The van der Waals surface area contributed by atoms with E-state index in [4.69, 9.17) is 14.6 Å². The molecular formula is C24H21F6N3O5. The number of benzene rings is 2. The summed E-state index contributed by atoms with van der Waals surface area (Å²) in [6.07, 6.45) is -9.14. The predicted octanol–water partition coefficient (Wildman–Crippen LogP) is 4.09. The number of halogens is 6. The molecule has 0 saturated carbocycles. The van der Waals surface area contributed by atoms with Gasteiger partial charge in [0.15, 0.2) is 0 Å². The topological polar surface area (TPSA) is 112 Å². The minimum atomic E-state index is -5.08. The highest BCUT2D eigenvalue weighted by molar-refractivity contribution is 6.00. The summed E-state index contributed by atoms with van der Waals surface area (Å²) in [4.78, 5) is 23.8. The third-order valence-corrected chi connectivity index (χ3v) is 5.84. The van der Waals surface area contributed by atoms with Gasteiger partial charge in [0.1, 0.15) is 5.75 Å². The van der Waals surface area contributed by atoms with E-state index in [1.807, 2.05) is 0 Å². The molecule has 2 atom stereocenters. The molecule has 14 heteroatoms. The molecule has 0 spiro atoms. The Hall–Kier alpha value is -3.83. The second-order valence-corrected chi connectivity index (χ2v) is 8.42. The van der Waals surface area contributed by atoms with Crippen LogP contribution in [0.3, 0.4) is 0 Å². The molecule has 2 aliphatic heterocycles. The number of ether oxygens (including phenoxy) is 2. The highest BCUT2D eigenvalue weighted by Crippen LogP contribution is 2.35. The molecule has 204 valence electrons. The number of nitrogens with one attached hydrogen (secondary N) is 1. The maximum Gasteiger partial charge on any atom is 0.573 e. The lowest BCUT2D eigenvalue weighted by Gasteiger charge is -2.23. The van der Waals surface area contributed by atoms with Crippen LogP contribution in [0.1, 0.15) is 27.9 Å². The van der Waals surface area contributed by atoms with Crippen molar-refractivity contribution in [2.24, 2.45) is 0 Å². The number of amides is 1. The van der Waals surface area contributed by atoms with Gasteiger partial charge in [-0.1, -0.05) is 12.1 Å². The lowest BCUT2D eigenvalue weighted by Crippen LogP contribution is -2.36. The van der Waals surface area contributed by atoms with E-state index in [1.165, 1.54) is 18.2 Å². The molecular weight excluding hydrogens is 524 g/mol. The number of hydrogen-bond donors (Lipinski definition) is 2. The Kier molecular flexibility index (Phi) is 8.53. The van der Waals surface area contributed by atoms with Gasteiger partial charge in [0, 0.05) is 43.4 Å². The smallest absolute Gasteiger partial charge is 0.475 e. The fourth-order valence-electron chi connectivity index (χ4n) is 4.23. The van der Waals surface area contributed by atoms with Crippen LogP contribution in [0.25, 0.3) is 11.1 Å². The number of methoxy groups -OCH3 is 1. The van der Waals surface area contributed by atoms with Gasteiger partial charge in [0.05, 0.1) is 18.2 Å². The van der Waals surface area contributed by atoms with Gasteiger partial charge in [-0.25, -0.2) is 4.79 Å². The van der Waals surface area contributed by atoms with E-state index in [-0.39, 0.29) is 23.7 Å². The Labute approximate surface area is 212 Å². The van der Waals surface area contributed by atoms with Crippen molar-refractivity contribution >= 4 is 11.9 Å². The maximum atomic E-state index is 13.1. The summed E-state index contributed by atoms with van der Waals surface area (Å²) < 4.78 is 78.6. The van der Waals surface area contributed by atoms with E-state index in [9.17, 15) is 36.4 Å². The minimum Gasteiger partial charge on any atom is -0.475 e. The van der Waals surface area contributed by atoms with Crippen LogP contribution in [0.4, 0.5) is 26.3 Å². The molecule has 0 aromatic heterocycles. The first kappa shape index (κ1) is 28.7. The van der Waals surface area contributed by atoms with Crippen molar-refractivity contribution in [1.82, 2.24) is 10.2 Å². The third-order valence-electron chi connectivity index (χ3n) is 5.84. The van der Waals surface area contributed by atoms with Crippen molar-refractivity contribution in [3.8, 4) is 22.9 Å². The molecule has 2 aromatic carbocycles. The third kappa shape index (κ3) is 6.93. The molecule has 2 N–H and O–H groups in total. The summed E-state index contributed by atoms with van der Waals surface area (Å²) in [5, 5.41) is 20.1. The quantitative estimate of drug-likeness (QED) is 0.545. The fourth-order valence-corrected chi connectivity index (χ4v) is 4.23. The van der Waals surface area contributed by atoms with Gasteiger partial charge in [-0.05, 0) is 41.8 Å². The Morgan fingerprint density at radius 1 is 1.18 bits per heavy atom. The Morgan fingerprint density at radius 3 is 2.45 bits per heavy atom. The standard InChI is InChI=1S/C22H20F3N3O3.C2HF3O2/c1-30-12-16-8-17(10-27-16)28-11-20-15(9-26)5-14(7-19(20)21(28)29)13-3-2-4-18(6-13)31-22(23,24)25;3-2(4,5)1(6)7/h2-7,16-17,27H,8,10-12H2,1H3;(H,6,7)/t16-,17+;/m0./s1. The Morgan fingerprint density at radius 2 is 1.87 bits per heavy atom. The maximum absolute atomic E-state index is 13.1. The van der Waals surface area contributed by atoms with Crippen molar-refractivity contribution in [3.63, 3.8) is 0 Å². The summed E-state index contributed by atoms with van der Waals surface area (Å²) in [5.74, 6) is -3.30. The number of carboxylic acid groups (broad SMARTS) is 1. The average molecular weight is 545 g/mol. The summed E-state index contributed by atoms with van der Waals surface area (Å²) in [6.45, 7) is 1.52. The number of carbonyl (C=O) groups is 2. The summed E-state index contributed by atoms with van der Waals surface area (Å²) >= 11 is 0. The first-order valence-electron chi connectivity index (χ1n) is 11.0. The zero-order valence-corrected chi connectivity index (χ0v) is 19.7. The monoisotopic (exact) mass is 545 g/mol. The average Bonchev–Trinajstić information content (AvgIpc) is 3.42. The normalized spacial score (nSPS) is 18.9. The molecule has 0 bridgehead atoms. The minimum absolute atomic E-state index is 0.0152. The summed E-state index contributed by atoms with van der Waals surface area (Å²) in [6, 6.07) is 11.0. The van der Waals surface area contributed by atoms with Crippen LogP contribution in [0.5, 0.6) is 5.75 Å². The van der Waals surface area contributed by atoms with E-state index in [0.717, 1.165) is 6.42 Å². The first-order chi connectivity index (χ1) is 17.7. The number of hydrogen-bond acceptors (Lipinski definition) is 6. The highest BCUT2D eigenvalue weighted by atomic mass is 19.4. The zero-order chi connectivity index (χ0) is 28.3.